The van der Waals surface area contributed by atoms with Crippen LogP contribution in [0.15, 0.2) is 12.2 Å². The molecule has 144 valence electrons. The minimum atomic E-state index is -1.71. The van der Waals surface area contributed by atoms with Crippen LogP contribution in [0.1, 0.15) is 73.1 Å². The highest BCUT2D eigenvalue weighted by molar-refractivity contribution is 6.74. The molecule has 5 atom stereocenters. The predicted molar refractivity (Wildman–Crippen MR) is 108 cm³/mol. The Morgan fingerprint density at radius 3 is 2.40 bits per heavy atom. The highest BCUT2D eigenvalue weighted by atomic mass is 28.4. The molecule has 0 spiro atoms. The molecule has 3 fully saturated rings. The molecule has 2 nitrogen and oxygen atoms in total. The Kier molecular flexibility index (Phi) is 4.87. The largest absolute Gasteiger partial charge is 0.414 e. The maximum atomic E-state index is 6.97. The first-order valence-electron chi connectivity index (χ1n) is 10.4. The van der Waals surface area contributed by atoms with Crippen LogP contribution in [0.4, 0.5) is 0 Å². The molecule has 0 radical (unpaired) electrons. The quantitative estimate of drug-likeness (QED) is 0.430. The molecule has 1 heterocycles. The van der Waals surface area contributed by atoms with E-state index < -0.39 is 8.32 Å². The Hall–Kier alpha value is -0.123. The summed E-state index contributed by atoms with van der Waals surface area (Å²) in [6, 6.07) is 0. The molecule has 3 rings (SSSR count). The lowest BCUT2D eigenvalue weighted by Crippen LogP contribution is -2.52. The third-order valence-corrected chi connectivity index (χ3v) is 12.8. The van der Waals surface area contributed by atoms with Crippen molar-refractivity contribution in [1.29, 1.82) is 0 Å². The standard InChI is InChI=1S/C22H40O2Si/c1-16-14-22(6,23-15-16)19-12-11-17-18(10-9-13-21(17,19)5)24-25(7,8)20(2,3)4/h17-19H,1,9-15H2,2-8H3/t17-,18-,19-,21-,22?/m0/s1. The Balaban J connectivity index is 1.81. The molecule has 0 aromatic carbocycles. The average Bonchev–Trinajstić information content (AvgIpc) is 2.98. The van der Waals surface area contributed by atoms with Crippen molar-refractivity contribution in [2.24, 2.45) is 17.3 Å². The van der Waals surface area contributed by atoms with Crippen molar-refractivity contribution < 1.29 is 9.16 Å². The summed E-state index contributed by atoms with van der Waals surface area (Å²) in [7, 11) is -1.71. The predicted octanol–water partition coefficient (Wildman–Crippen LogP) is 6.33. The van der Waals surface area contributed by atoms with Gasteiger partial charge in [0, 0.05) is 6.10 Å². The second-order valence-electron chi connectivity index (χ2n) is 11.1. The molecule has 0 N–H and O–H groups in total. The first-order chi connectivity index (χ1) is 11.4. The van der Waals surface area contributed by atoms with Gasteiger partial charge in [0.1, 0.15) is 0 Å². The van der Waals surface area contributed by atoms with E-state index in [0.29, 0.717) is 23.4 Å². The van der Waals surface area contributed by atoms with Crippen LogP contribution in [0.3, 0.4) is 0 Å². The summed E-state index contributed by atoms with van der Waals surface area (Å²) in [5.41, 5.74) is 1.64. The molecule has 2 saturated carbocycles. The molecule has 1 saturated heterocycles. The maximum absolute atomic E-state index is 6.97. The summed E-state index contributed by atoms with van der Waals surface area (Å²) < 4.78 is 13.3. The minimum Gasteiger partial charge on any atom is -0.414 e. The first kappa shape index (κ1) is 19.6. The zero-order chi connectivity index (χ0) is 18.7. The molecule has 3 aliphatic rings. The van der Waals surface area contributed by atoms with Gasteiger partial charge in [-0.15, -0.1) is 0 Å². The summed E-state index contributed by atoms with van der Waals surface area (Å²) >= 11 is 0. The first-order valence-corrected chi connectivity index (χ1v) is 13.3. The van der Waals surface area contributed by atoms with E-state index in [1.165, 1.54) is 37.7 Å². The highest BCUT2D eigenvalue weighted by Crippen LogP contribution is 2.62. The monoisotopic (exact) mass is 364 g/mol. The van der Waals surface area contributed by atoms with Crippen molar-refractivity contribution in [2.75, 3.05) is 6.61 Å². The second kappa shape index (κ2) is 6.20. The summed E-state index contributed by atoms with van der Waals surface area (Å²) in [6.07, 6.45) is 8.01. The fourth-order valence-corrected chi connectivity index (χ4v) is 7.30. The Labute approximate surface area is 156 Å². The third kappa shape index (κ3) is 3.30. The number of rotatable bonds is 3. The fourth-order valence-electron chi connectivity index (χ4n) is 5.91. The highest BCUT2D eigenvalue weighted by Gasteiger charge is 2.59. The van der Waals surface area contributed by atoms with Crippen molar-refractivity contribution in [2.45, 2.75) is 103 Å². The van der Waals surface area contributed by atoms with Gasteiger partial charge in [-0.05, 0) is 80.0 Å². The molecule has 25 heavy (non-hydrogen) atoms. The van der Waals surface area contributed by atoms with Gasteiger partial charge < -0.3 is 9.16 Å². The van der Waals surface area contributed by atoms with E-state index in [1.54, 1.807) is 0 Å². The maximum Gasteiger partial charge on any atom is 0.192 e. The summed E-state index contributed by atoms with van der Waals surface area (Å²) in [4.78, 5) is 0. The van der Waals surface area contributed by atoms with Gasteiger partial charge >= 0.3 is 0 Å². The smallest absolute Gasteiger partial charge is 0.192 e. The molecule has 3 heteroatoms. The lowest BCUT2D eigenvalue weighted by atomic mass is 9.60. The molecular formula is C22H40O2Si. The van der Waals surface area contributed by atoms with E-state index >= 15 is 0 Å². The third-order valence-electron chi connectivity index (χ3n) is 8.26. The molecule has 2 aliphatic carbocycles. The van der Waals surface area contributed by atoms with E-state index in [9.17, 15) is 0 Å². The van der Waals surface area contributed by atoms with Gasteiger partial charge in [0.15, 0.2) is 8.32 Å². The average molecular weight is 365 g/mol. The summed E-state index contributed by atoms with van der Waals surface area (Å²) in [5, 5.41) is 0.289. The van der Waals surface area contributed by atoms with Crippen molar-refractivity contribution in [3.05, 3.63) is 12.2 Å². The molecule has 0 aromatic heterocycles. The molecule has 0 amide bonds. The normalized spacial score (nSPS) is 42.7. The Bertz CT molecular complexity index is 535. The Morgan fingerprint density at radius 1 is 1.16 bits per heavy atom. The fraction of sp³-hybridized carbons (Fsp3) is 0.909. The number of fused-ring (bicyclic) bond motifs is 1. The van der Waals surface area contributed by atoms with Gasteiger partial charge in [0.05, 0.1) is 12.2 Å². The van der Waals surface area contributed by atoms with E-state index in [0.717, 1.165) is 13.0 Å². The zero-order valence-corrected chi connectivity index (χ0v) is 18.7. The van der Waals surface area contributed by atoms with Crippen LogP contribution in [-0.4, -0.2) is 26.6 Å². The van der Waals surface area contributed by atoms with Crippen LogP contribution in [0.25, 0.3) is 0 Å². The van der Waals surface area contributed by atoms with Gasteiger partial charge in [-0.25, -0.2) is 0 Å². The van der Waals surface area contributed by atoms with Crippen LogP contribution in [0.2, 0.25) is 18.1 Å². The number of ether oxygens (including phenoxy) is 1. The Morgan fingerprint density at radius 2 is 1.84 bits per heavy atom. The molecule has 0 bridgehead atoms. The SMILES string of the molecule is C=C1COC(C)([C@H]2CC[C@H]3[C@@H](O[Si](C)(C)C(C)(C)C)CCC[C@]23C)C1. The number of hydrogen-bond acceptors (Lipinski definition) is 2. The van der Waals surface area contributed by atoms with Gasteiger partial charge in [-0.3, -0.25) is 0 Å². The van der Waals surface area contributed by atoms with Gasteiger partial charge in [0.25, 0.3) is 0 Å². The van der Waals surface area contributed by atoms with E-state index in [1.807, 2.05) is 0 Å². The zero-order valence-electron chi connectivity index (χ0n) is 17.7. The van der Waals surface area contributed by atoms with Crippen LogP contribution in [0, 0.1) is 17.3 Å². The molecule has 0 aromatic rings. The lowest BCUT2D eigenvalue weighted by molar-refractivity contribution is -0.0970. The van der Waals surface area contributed by atoms with Crippen molar-refractivity contribution in [3.8, 4) is 0 Å². The second-order valence-corrected chi connectivity index (χ2v) is 15.8. The summed E-state index contributed by atoms with van der Waals surface area (Å²) in [5.74, 6) is 1.35. The topological polar surface area (TPSA) is 18.5 Å². The van der Waals surface area contributed by atoms with Crippen molar-refractivity contribution in [1.82, 2.24) is 0 Å². The van der Waals surface area contributed by atoms with Crippen LogP contribution in [0.5, 0.6) is 0 Å². The van der Waals surface area contributed by atoms with Gasteiger partial charge in [0.2, 0.25) is 0 Å². The molecule has 1 unspecified atom stereocenters. The number of hydrogen-bond donors (Lipinski definition) is 0. The van der Waals surface area contributed by atoms with Gasteiger partial charge in [-0.1, -0.05) is 40.7 Å². The van der Waals surface area contributed by atoms with E-state index in [4.69, 9.17) is 9.16 Å². The molecule has 1 aliphatic heterocycles. The minimum absolute atomic E-state index is 0.000549. The van der Waals surface area contributed by atoms with E-state index in [2.05, 4.69) is 54.3 Å². The molecular weight excluding hydrogens is 324 g/mol. The lowest BCUT2D eigenvalue weighted by Gasteiger charge is -2.51. The van der Waals surface area contributed by atoms with Crippen LogP contribution in [-0.2, 0) is 9.16 Å². The van der Waals surface area contributed by atoms with Crippen molar-refractivity contribution in [3.63, 3.8) is 0 Å². The van der Waals surface area contributed by atoms with Crippen molar-refractivity contribution >= 4 is 8.32 Å². The van der Waals surface area contributed by atoms with E-state index in [-0.39, 0.29) is 10.6 Å². The van der Waals surface area contributed by atoms with Crippen LogP contribution < -0.4 is 0 Å². The van der Waals surface area contributed by atoms with Gasteiger partial charge in [-0.2, -0.15) is 0 Å². The van der Waals surface area contributed by atoms with Crippen LogP contribution >= 0.6 is 0 Å². The summed E-state index contributed by atoms with van der Waals surface area (Å²) in [6.45, 7) is 21.8.